The Labute approximate surface area is 112 Å². The van der Waals surface area contributed by atoms with Gasteiger partial charge in [-0.05, 0) is 23.9 Å². The van der Waals surface area contributed by atoms with Crippen molar-refractivity contribution in [3.63, 3.8) is 0 Å². The Balaban J connectivity index is 2.47. The van der Waals surface area contributed by atoms with Crippen molar-refractivity contribution in [3.05, 3.63) is 27.6 Å². The van der Waals surface area contributed by atoms with Gasteiger partial charge in [-0.1, -0.05) is 11.6 Å². The van der Waals surface area contributed by atoms with Crippen molar-refractivity contribution in [1.82, 2.24) is 0 Å². The zero-order valence-electron chi connectivity index (χ0n) is 9.31. The molecule has 1 amide bonds. The van der Waals surface area contributed by atoms with Gasteiger partial charge in [-0.15, -0.1) is 0 Å². The van der Waals surface area contributed by atoms with E-state index in [0.717, 1.165) is 11.8 Å². The van der Waals surface area contributed by atoms with Gasteiger partial charge in [0.2, 0.25) is 0 Å². The summed E-state index contributed by atoms with van der Waals surface area (Å²) in [7, 11) is 1.42. The van der Waals surface area contributed by atoms with E-state index < -0.39 is 5.91 Å². The summed E-state index contributed by atoms with van der Waals surface area (Å²) in [5, 5.41) is 10.2. The molecule has 1 heterocycles. The van der Waals surface area contributed by atoms with E-state index in [1.54, 1.807) is 6.07 Å². The van der Waals surface area contributed by atoms with Crippen LogP contribution in [-0.2, 0) is 4.79 Å². The number of benzene rings is 1. The molecule has 0 atom stereocenters. The van der Waals surface area contributed by atoms with Crippen molar-refractivity contribution in [2.45, 2.75) is 0 Å². The van der Waals surface area contributed by atoms with Gasteiger partial charge in [0.05, 0.1) is 12.0 Å². The van der Waals surface area contributed by atoms with E-state index in [-0.39, 0.29) is 16.7 Å². The molecule has 0 saturated heterocycles. The molecule has 0 fully saturated rings. The van der Waals surface area contributed by atoms with Crippen LogP contribution in [0.25, 0.3) is 6.08 Å². The minimum atomic E-state index is -0.418. The van der Waals surface area contributed by atoms with Gasteiger partial charge in [0.1, 0.15) is 0 Å². The second-order valence-corrected chi connectivity index (χ2v) is 4.91. The lowest BCUT2D eigenvalue weighted by atomic mass is 10.1. The topological polar surface area (TPSA) is 84.9 Å². The first-order valence-electron chi connectivity index (χ1n) is 4.86. The van der Waals surface area contributed by atoms with Gasteiger partial charge in [0.25, 0.3) is 5.91 Å². The third kappa shape index (κ3) is 2.44. The number of hydrogen-bond donors (Lipinski definition) is 2. The van der Waals surface area contributed by atoms with E-state index in [2.05, 4.69) is 4.99 Å². The number of amides is 1. The van der Waals surface area contributed by atoms with Crippen LogP contribution in [-0.4, -0.2) is 23.3 Å². The SMILES string of the molecule is COc1c(O)cc(Cl)cc1C=C1SC(N)=NC1=O. The first-order valence-corrected chi connectivity index (χ1v) is 6.05. The van der Waals surface area contributed by atoms with Crippen molar-refractivity contribution in [1.29, 1.82) is 0 Å². The number of aliphatic imine (C=N–C) groups is 1. The largest absolute Gasteiger partial charge is 0.504 e. The van der Waals surface area contributed by atoms with E-state index in [1.165, 1.54) is 19.3 Å². The molecular formula is C11H9ClN2O3S. The molecule has 7 heteroatoms. The molecule has 1 aromatic carbocycles. The fourth-order valence-corrected chi connectivity index (χ4v) is 2.39. The first-order chi connectivity index (χ1) is 8.51. The molecule has 18 heavy (non-hydrogen) atoms. The maximum Gasteiger partial charge on any atom is 0.286 e. The van der Waals surface area contributed by atoms with Gasteiger partial charge in [0.15, 0.2) is 16.7 Å². The molecule has 3 N–H and O–H groups in total. The van der Waals surface area contributed by atoms with Gasteiger partial charge in [-0.3, -0.25) is 4.79 Å². The van der Waals surface area contributed by atoms with Crippen molar-refractivity contribution in [3.8, 4) is 11.5 Å². The van der Waals surface area contributed by atoms with Crippen LogP contribution in [0, 0.1) is 0 Å². The maximum absolute atomic E-state index is 11.5. The Morgan fingerprint density at radius 1 is 1.56 bits per heavy atom. The molecule has 1 aromatic rings. The van der Waals surface area contributed by atoms with Crippen LogP contribution < -0.4 is 10.5 Å². The van der Waals surface area contributed by atoms with Crippen molar-refractivity contribution in [2.75, 3.05) is 7.11 Å². The average Bonchev–Trinajstić information content (AvgIpc) is 2.57. The van der Waals surface area contributed by atoms with Gasteiger partial charge >= 0.3 is 0 Å². The number of nitrogens with two attached hydrogens (primary N) is 1. The number of amidine groups is 1. The summed E-state index contributed by atoms with van der Waals surface area (Å²) in [6, 6.07) is 2.94. The van der Waals surface area contributed by atoms with E-state index in [0.29, 0.717) is 15.5 Å². The van der Waals surface area contributed by atoms with Crippen molar-refractivity contribution >= 4 is 40.5 Å². The summed E-state index contributed by atoms with van der Waals surface area (Å²) >= 11 is 6.90. The highest BCUT2D eigenvalue weighted by molar-refractivity contribution is 8.18. The molecule has 94 valence electrons. The molecule has 0 radical (unpaired) electrons. The average molecular weight is 285 g/mol. The zero-order valence-corrected chi connectivity index (χ0v) is 10.9. The second kappa shape index (κ2) is 4.91. The number of carbonyl (C=O) groups excluding carboxylic acids is 1. The number of halogens is 1. The number of phenolic OH excluding ortho intramolecular Hbond substituents is 1. The Morgan fingerprint density at radius 2 is 2.28 bits per heavy atom. The lowest BCUT2D eigenvalue weighted by molar-refractivity contribution is -0.113. The maximum atomic E-state index is 11.5. The van der Waals surface area contributed by atoms with Gasteiger partial charge in [-0.2, -0.15) is 4.99 Å². The quantitative estimate of drug-likeness (QED) is 0.811. The van der Waals surface area contributed by atoms with Crippen LogP contribution in [0.15, 0.2) is 22.0 Å². The van der Waals surface area contributed by atoms with Crippen LogP contribution in [0.5, 0.6) is 11.5 Å². The summed E-state index contributed by atoms with van der Waals surface area (Å²) < 4.78 is 5.06. The number of ether oxygens (including phenoxy) is 1. The third-order valence-electron chi connectivity index (χ3n) is 2.19. The molecule has 0 bridgehead atoms. The Bertz CT molecular complexity index is 584. The number of carbonyl (C=O) groups is 1. The molecule has 0 spiro atoms. The summed E-state index contributed by atoms with van der Waals surface area (Å²) in [5.74, 6) is -0.272. The van der Waals surface area contributed by atoms with Crippen LogP contribution in [0.4, 0.5) is 0 Å². The Kier molecular flexibility index (Phi) is 3.49. The number of methoxy groups -OCH3 is 1. The van der Waals surface area contributed by atoms with Crippen LogP contribution in [0.3, 0.4) is 0 Å². The van der Waals surface area contributed by atoms with E-state index in [4.69, 9.17) is 22.1 Å². The fraction of sp³-hybridized carbons (Fsp3) is 0.0909. The zero-order chi connectivity index (χ0) is 13.3. The van der Waals surface area contributed by atoms with Crippen molar-refractivity contribution in [2.24, 2.45) is 10.7 Å². The Hall–Kier alpha value is -1.66. The molecule has 0 saturated carbocycles. The minimum Gasteiger partial charge on any atom is -0.504 e. The van der Waals surface area contributed by atoms with Gasteiger partial charge in [0, 0.05) is 16.7 Å². The van der Waals surface area contributed by atoms with Gasteiger partial charge < -0.3 is 15.6 Å². The fourth-order valence-electron chi connectivity index (χ4n) is 1.50. The monoisotopic (exact) mass is 284 g/mol. The molecule has 0 aromatic heterocycles. The van der Waals surface area contributed by atoms with Gasteiger partial charge in [-0.25, -0.2) is 0 Å². The van der Waals surface area contributed by atoms with E-state index in [9.17, 15) is 9.90 Å². The molecule has 2 rings (SSSR count). The van der Waals surface area contributed by atoms with E-state index in [1.807, 2.05) is 0 Å². The number of phenols is 1. The minimum absolute atomic E-state index is 0.0961. The second-order valence-electron chi connectivity index (χ2n) is 3.41. The molecular weight excluding hydrogens is 276 g/mol. The van der Waals surface area contributed by atoms with Crippen LogP contribution in [0.2, 0.25) is 5.02 Å². The highest BCUT2D eigenvalue weighted by atomic mass is 35.5. The highest BCUT2D eigenvalue weighted by Gasteiger charge is 2.20. The molecule has 0 unspecified atom stereocenters. The highest BCUT2D eigenvalue weighted by Crippen LogP contribution is 2.37. The van der Waals surface area contributed by atoms with E-state index >= 15 is 0 Å². The lowest BCUT2D eigenvalue weighted by Gasteiger charge is -2.08. The molecule has 1 aliphatic heterocycles. The number of thioether (sulfide) groups is 1. The molecule has 5 nitrogen and oxygen atoms in total. The molecule has 0 aliphatic carbocycles. The predicted molar refractivity (Wildman–Crippen MR) is 71.9 cm³/mol. The molecule has 1 aliphatic rings. The summed E-state index contributed by atoms with van der Waals surface area (Å²) in [6.07, 6.45) is 1.53. The normalized spacial score (nSPS) is 17.1. The number of aromatic hydroxyl groups is 1. The summed E-state index contributed by atoms with van der Waals surface area (Å²) in [6.45, 7) is 0. The van der Waals surface area contributed by atoms with Crippen LogP contribution in [0.1, 0.15) is 5.56 Å². The van der Waals surface area contributed by atoms with Crippen molar-refractivity contribution < 1.29 is 14.6 Å². The number of hydrogen-bond acceptors (Lipinski definition) is 5. The number of nitrogens with zero attached hydrogens (tertiary/aromatic N) is 1. The summed E-state index contributed by atoms with van der Waals surface area (Å²) in [5.41, 5.74) is 5.93. The standard InChI is InChI=1S/C11H9ClN2O3S/c1-17-9-5(2-6(12)4-7(9)15)3-8-10(16)14-11(13)18-8/h2-4,15H,1H3,(H2,13,14,16). The Morgan fingerprint density at radius 3 is 2.83 bits per heavy atom. The first kappa shape index (κ1) is 12.8. The lowest BCUT2D eigenvalue weighted by Crippen LogP contribution is -2.01. The third-order valence-corrected chi connectivity index (χ3v) is 3.22. The van der Waals surface area contributed by atoms with Crippen LogP contribution >= 0.6 is 23.4 Å². The predicted octanol–water partition coefficient (Wildman–Crippen LogP) is 1.98. The summed E-state index contributed by atoms with van der Waals surface area (Å²) in [4.78, 5) is 15.4. The number of rotatable bonds is 2. The smallest absolute Gasteiger partial charge is 0.286 e.